The zero-order valence-electron chi connectivity index (χ0n) is 24.5. The molecule has 2 N–H and O–H groups in total. The number of hydrogen-bond donors (Lipinski definition) is 2. The third-order valence-electron chi connectivity index (χ3n) is 7.99. The van der Waals surface area contributed by atoms with Gasteiger partial charge in [0.15, 0.2) is 0 Å². The van der Waals surface area contributed by atoms with Crippen molar-refractivity contribution in [2.45, 2.75) is 0 Å². The van der Waals surface area contributed by atoms with Gasteiger partial charge in [-0.15, -0.1) is 22.7 Å². The fraction of sp³-hybridized carbons (Fsp3) is 0. The van der Waals surface area contributed by atoms with Crippen molar-refractivity contribution in [1.82, 2.24) is 9.97 Å². The van der Waals surface area contributed by atoms with Crippen LogP contribution in [0.2, 0.25) is 0 Å². The van der Waals surface area contributed by atoms with E-state index in [2.05, 4.69) is 24.3 Å². The highest BCUT2D eigenvalue weighted by molar-refractivity contribution is 7.22. The van der Waals surface area contributed by atoms with Gasteiger partial charge in [0.25, 0.3) is 0 Å². The summed E-state index contributed by atoms with van der Waals surface area (Å²) in [6, 6.07) is 48.2. The molecule has 0 saturated carbocycles. The lowest BCUT2D eigenvalue weighted by atomic mass is 9.85. The van der Waals surface area contributed by atoms with E-state index in [1.54, 1.807) is 34.8 Å². The van der Waals surface area contributed by atoms with Crippen LogP contribution in [0.1, 0.15) is 22.3 Å². The van der Waals surface area contributed by atoms with Gasteiger partial charge in [0.05, 0.1) is 31.6 Å². The first kappa shape index (κ1) is 28.0. The number of aromatic hydroxyl groups is 2. The summed E-state index contributed by atoms with van der Waals surface area (Å²) >= 11 is 3.12. The molecule has 0 bridgehead atoms. The number of fused-ring (bicyclic) bond motifs is 2. The molecule has 8 rings (SSSR count). The van der Waals surface area contributed by atoms with Gasteiger partial charge in [-0.05, 0) is 81.9 Å². The van der Waals surface area contributed by atoms with Crippen molar-refractivity contribution in [3.63, 3.8) is 0 Å². The monoisotopic (exact) mass is 630 g/mol. The Kier molecular flexibility index (Phi) is 7.14. The van der Waals surface area contributed by atoms with Crippen molar-refractivity contribution in [3.05, 3.63) is 168 Å². The summed E-state index contributed by atoms with van der Waals surface area (Å²) in [7, 11) is 0. The number of para-hydroxylation sites is 2. The summed E-state index contributed by atoms with van der Waals surface area (Å²) in [6.45, 7) is 0. The Morgan fingerprint density at radius 3 is 1.24 bits per heavy atom. The lowest BCUT2D eigenvalue weighted by Gasteiger charge is -2.19. The second-order valence-electron chi connectivity index (χ2n) is 10.9. The second-order valence-corrected chi connectivity index (χ2v) is 13.0. The molecular formula is C40H26N2O2S2. The molecular weight excluding hydrogens is 605 g/mol. The molecule has 0 aliphatic carbocycles. The molecule has 0 fully saturated rings. The third kappa shape index (κ3) is 5.13. The average Bonchev–Trinajstić information content (AvgIpc) is 3.73. The minimum Gasteiger partial charge on any atom is -0.507 e. The maximum absolute atomic E-state index is 11.1. The quantitative estimate of drug-likeness (QED) is 0.179. The Morgan fingerprint density at radius 1 is 0.413 bits per heavy atom. The van der Waals surface area contributed by atoms with Crippen LogP contribution in [0.3, 0.4) is 0 Å². The molecule has 0 atom stereocenters. The number of hydrogen-bond acceptors (Lipinski definition) is 6. The highest BCUT2D eigenvalue weighted by Gasteiger charge is 2.21. The van der Waals surface area contributed by atoms with E-state index in [9.17, 15) is 10.2 Å². The van der Waals surface area contributed by atoms with Gasteiger partial charge in [-0.2, -0.15) is 0 Å². The van der Waals surface area contributed by atoms with Crippen molar-refractivity contribution in [2.75, 3.05) is 0 Å². The Bertz CT molecular complexity index is 2160. The topological polar surface area (TPSA) is 66.2 Å². The van der Waals surface area contributed by atoms with Gasteiger partial charge in [-0.1, -0.05) is 97.1 Å². The van der Waals surface area contributed by atoms with Crippen molar-refractivity contribution in [3.8, 4) is 32.6 Å². The second kappa shape index (κ2) is 11.7. The summed E-state index contributed by atoms with van der Waals surface area (Å²) in [4.78, 5) is 9.73. The van der Waals surface area contributed by atoms with Gasteiger partial charge in [0.2, 0.25) is 0 Å². The number of thiazole rings is 2. The number of rotatable bonds is 6. The predicted octanol–water partition coefficient (Wildman–Crippen LogP) is 10.7. The van der Waals surface area contributed by atoms with Crippen LogP contribution in [0, 0.1) is 0 Å². The smallest absolute Gasteiger partial charge is 0.128 e. The Labute approximate surface area is 273 Å². The third-order valence-corrected chi connectivity index (χ3v) is 10.1. The summed E-state index contributed by atoms with van der Waals surface area (Å²) in [5, 5.41) is 23.8. The molecule has 4 nitrogen and oxygen atoms in total. The van der Waals surface area contributed by atoms with Crippen LogP contribution < -0.4 is 0 Å². The average molecular weight is 631 g/mol. The first-order chi connectivity index (χ1) is 22.6. The highest BCUT2D eigenvalue weighted by atomic mass is 32.1. The maximum atomic E-state index is 11.1. The van der Waals surface area contributed by atoms with Crippen LogP contribution in [0.15, 0.2) is 146 Å². The molecule has 0 amide bonds. The molecule has 2 aromatic heterocycles. The Morgan fingerprint density at radius 2 is 0.804 bits per heavy atom. The summed E-state index contributed by atoms with van der Waals surface area (Å²) in [5.41, 5.74) is 9.05. The molecule has 0 spiro atoms. The lowest BCUT2D eigenvalue weighted by Crippen LogP contribution is -1.98. The SMILES string of the molecule is Oc1ccc(C(=C(c2ccccc2)c2ccccc2)c2ccc(O)c(-c3nc4ccccc4s3)c2)cc1-c1nc2ccccc2s1. The van der Waals surface area contributed by atoms with Crippen LogP contribution in [0.25, 0.3) is 52.7 Å². The van der Waals surface area contributed by atoms with Crippen molar-refractivity contribution < 1.29 is 10.2 Å². The first-order valence-electron chi connectivity index (χ1n) is 14.9. The van der Waals surface area contributed by atoms with E-state index < -0.39 is 0 Å². The minimum atomic E-state index is 0.170. The van der Waals surface area contributed by atoms with Crippen LogP contribution in [-0.2, 0) is 0 Å². The molecule has 0 unspecified atom stereocenters. The zero-order chi connectivity index (χ0) is 31.0. The summed E-state index contributed by atoms with van der Waals surface area (Å²) < 4.78 is 2.12. The Balaban J connectivity index is 1.41. The number of phenolic OH excluding ortho intramolecular Hbond substituents is 2. The van der Waals surface area contributed by atoms with E-state index in [1.165, 1.54) is 0 Å². The molecule has 0 saturated heterocycles. The van der Waals surface area contributed by atoms with Crippen molar-refractivity contribution >= 4 is 54.3 Å². The largest absolute Gasteiger partial charge is 0.507 e. The van der Waals surface area contributed by atoms with Gasteiger partial charge in [0, 0.05) is 0 Å². The van der Waals surface area contributed by atoms with Crippen LogP contribution in [-0.4, -0.2) is 20.2 Å². The molecule has 0 aliphatic rings. The minimum absolute atomic E-state index is 0.170. The van der Waals surface area contributed by atoms with E-state index in [0.29, 0.717) is 11.1 Å². The van der Waals surface area contributed by atoms with Crippen LogP contribution >= 0.6 is 22.7 Å². The zero-order valence-corrected chi connectivity index (χ0v) is 26.1. The number of phenols is 2. The summed E-state index contributed by atoms with van der Waals surface area (Å²) in [5.74, 6) is 0.341. The van der Waals surface area contributed by atoms with Crippen LogP contribution in [0.4, 0.5) is 0 Å². The molecule has 8 aromatic rings. The van der Waals surface area contributed by atoms with E-state index in [4.69, 9.17) is 9.97 Å². The molecule has 220 valence electrons. The molecule has 46 heavy (non-hydrogen) atoms. The van der Waals surface area contributed by atoms with Crippen molar-refractivity contribution in [2.24, 2.45) is 0 Å². The van der Waals surface area contributed by atoms with Crippen molar-refractivity contribution in [1.29, 1.82) is 0 Å². The molecule has 0 aliphatic heterocycles. The summed E-state index contributed by atoms with van der Waals surface area (Å²) in [6.07, 6.45) is 0. The van der Waals surface area contributed by atoms with Gasteiger partial charge in [-0.3, -0.25) is 0 Å². The highest BCUT2D eigenvalue weighted by Crippen LogP contribution is 2.44. The predicted molar refractivity (Wildman–Crippen MR) is 191 cm³/mol. The van der Waals surface area contributed by atoms with E-state index in [1.807, 2.05) is 109 Å². The molecule has 2 heterocycles. The van der Waals surface area contributed by atoms with Gasteiger partial charge in [-0.25, -0.2) is 9.97 Å². The molecule has 6 heteroatoms. The molecule has 0 radical (unpaired) electrons. The Hall–Kier alpha value is -5.56. The van der Waals surface area contributed by atoms with E-state index in [0.717, 1.165) is 63.8 Å². The maximum Gasteiger partial charge on any atom is 0.128 e. The van der Waals surface area contributed by atoms with Crippen LogP contribution in [0.5, 0.6) is 11.5 Å². The number of aromatic nitrogens is 2. The van der Waals surface area contributed by atoms with E-state index in [-0.39, 0.29) is 11.5 Å². The fourth-order valence-corrected chi connectivity index (χ4v) is 7.80. The lowest BCUT2D eigenvalue weighted by molar-refractivity contribution is 0.477. The first-order valence-corrected chi connectivity index (χ1v) is 16.5. The standard InChI is InChI=1S/C40H26N2O2S2/c43-33-21-19-27(23-29(33)39-41-31-15-7-9-17-35(31)45-39)38(37(25-11-3-1-4-12-25)26-13-5-2-6-14-26)28-20-22-34(44)30(24-28)40-42-32-16-8-10-18-36(32)46-40/h1-24,43-44H. The number of nitrogens with zero attached hydrogens (tertiary/aromatic N) is 2. The van der Waals surface area contributed by atoms with Gasteiger partial charge < -0.3 is 10.2 Å². The molecule has 6 aromatic carbocycles. The fourth-order valence-electron chi connectivity index (χ4n) is 5.82. The van der Waals surface area contributed by atoms with Gasteiger partial charge in [0.1, 0.15) is 21.5 Å². The van der Waals surface area contributed by atoms with Gasteiger partial charge >= 0.3 is 0 Å². The van der Waals surface area contributed by atoms with E-state index >= 15 is 0 Å². The number of benzene rings is 6. The normalized spacial score (nSPS) is 11.2.